The summed E-state index contributed by atoms with van der Waals surface area (Å²) in [7, 11) is 0. The minimum absolute atomic E-state index is 0. The maximum atomic E-state index is 12.4. The van der Waals surface area contributed by atoms with Crippen LogP contribution in [0.5, 0.6) is 0 Å². The number of amides is 1. The summed E-state index contributed by atoms with van der Waals surface area (Å²) in [5.74, 6) is 0.650. The molecule has 0 bridgehead atoms. The van der Waals surface area contributed by atoms with Crippen LogP contribution < -0.4 is 63.5 Å². The zero-order valence-corrected chi connectivity index (χ0v) is 16.0. The first-order valence-electron chi connectivity index (χ1n) is 6.15. The van der Waals surface area contributed by atoms with Gasteiger partial charge in [0.05, 0.1) is 5.41 Å². The molecule has 1 amide bonds. The second kappa shape index (κ2) is 4.98. The Morgan fingerprint density at radius 1 is 1.30 bits per heavy atom. The zero-order chi connectivity index (χ0) is 13.0. The fourth-order valence-electron chi connectivity index (χ4n) is 3.12. The molecule has 2 aliphatic rings. The fourth-order valence-corrected chi connectivity index (χ4v) is 3.12. The molecule has 0 aromatic carbocycles. The van der Waals surface area contributed by atoms with Gasteiger partial charge in [0, 0.05) is 30.1 Å². The Labute approximate surface area is 165 Å². The van der Waals surface area contributed by atoms with E-state index in [0.29, 0.717) is 24.3 Å². The van der Waals surface area contributed by atoms with Crippen molar-refractivity contribution in [2.45, 2.75) is 18.3 Å². The van der Waals surface area contributed by atoms with Crippen molar-refractivity contribution < 1.29 is 63.0 Å². The third-order valence-electron chi connectivity index (χ3n) is 4.01. The molecule has 1 atom stereocenters. The van der Waals surface area contributed by atoms with Gasteiger partial charge in [-0.05, 0) is 18.1 Å². The zero-order valence-electron chi connectivity index (χ0n) is 11.1. The Balaban J connectivity index is 0.00000121. The SMILES string of the molecule is [NH-]c1cnc2c(c1)CC1(C2)C(=O)Nc2ncccc21.[Rb+]. The maximum Gasteiger partial charge on any atom is 1.00 e. The molecule has 20 heavy (non-hydrogen) atoms. The van der Waals surface area contributed by atoms with Crippen LogP contribution >= 0.6 is 0 Å². The average Bonchev–Trinajstić information content (AvgIpc) is 2.90. The van der Waals surface area contributed by atoms with Crippen molar-refractivity contribution in [3.8, 4) is 0 Å². The van der Waals surface area contributed by atoms with Gasteiger partial charge in [-0.2, -0.15) is 0 Å². The van der Waals surface area contributed by atoms with Gasteiger partial charge in [-0.15, -0.1) is 5.69 Å². The summed E-state index contributed by atoms with van der Waals surface area (Å²) in [5, 5.41) is 2.85. The Bertz CT molecular complexity index is 718. The number of nitrogens with zero attached hydrogens (tertiary/aromatic N) is 2. The third-order valence-corrected chi connectivity index (χ3v) is 4.01. The molecule has 2 aromatic rings. The molecule has 0 saturated carbocycles. The molecule has 6 heteroatoms. The first-order valence-corrected chi connectivity index (χ1v) is 6.15. The largest absolute Gasteiger partial charge is 1.00 e. The molecule has 0 radical (unpaired) electrons. The van der Waals surface area contributed by atoms with Crippen LogP contribution in [0.1, 0.15) is 16.8 Å². The number of aromatic nitrogens is 2. The van der Waals surface area contributed by atoms with Crippen molar-refractivity contribution in [2.75, 3.05) is 5.32 Å². The van der Waals surface area contributed by atoms with E-state index < -0.39 is 5.41 Å². The Morgan fingerprint density at radius 2 is 2.15 bits per heavy atom. The number of carbonyl (C=O) groups excluding carboxylic acids is 1. The number of carbonyl (C=O) groups is 1. The number of rotatable bonds is 0. The molecule has 1 aliphatic heterocycles. The van der Waals surface area contributed by atoms with Crippen LogP contribution in [0.2, 0.25) is 0 Å². The van der Waals surface area contributed by atoms with Gasteiger partial charge >= 0.3 is 58.2 Å². The molecule has 94 valence electrons. The first kappa shape index (κ1) is 14.3. The van der Waals surface area contributed by atoms with Gasteiger partial charge in [0.1, 0.15) is 5.82 Å². The Hall–Kier alpha value is -0.625. The monoisotopic (exact) mass is 336 g/mol. The van der Waals surface area contributed by atoms with E-state index in [1.54, 1.807) is 12.3 Å². The minimum atomic E-state index is -0.577. The summed E-state index contributed by atoms with van der Waals surface area (Å²) in [6.07, 6.45) is 4.41. The minimum Gasteiger partial charge on any atom is -0.697 e. The van der Waals surface area contributed by atoms with Crippen LogP contribution in [0, 0.1) is 0 Å². The van der Waals surface area contributed by atoms with E-state index in [1.807, 2.05) is 12.1 Å². The van der Waals surface area contributed by atoms with Crippen LogP contribution in [0.25, 0.3) is 5.73 Å². The number of hydrogen-bond acceptors (Lipinski definition) is 3. The van der Waals surface area contributed by atoms with Crippen molar-refractivity contribution in [3.63, 3.8) is 0 Å². The average molecular weight is 337 g/mol. The van der Waals surface area contributed by atoms with Crippen LogP contribution in [0.3, 0.4) is 0 Å². The van der Waals surface area contributed by atoms with Gasteiger partial charge in [-0.1, -0.05) is 12.1 Å². The van der Waals surface area contributed by atoms with E-state index in [-0.39, 0.29) is 64.1 Å². The van der Waals surface area contributed by atoms with Gasteiger partial charge in [0.2, 0.25) is 5.91 Å². The molecule has 4 rings (SSSR count). The molecule has 2 N–H and O–H groups in total. The van der Waals surface area contributed by atoms with E-state index in [2.05, 4.69) is 15.3 Å². The van der Waals surface area contributed by atoms with Crippen LogP contribution in [0.4, 0.5) is 11.5 Å². The molecule has 2 aromatic heterocycles. The quantitative estimate of drug-likeness (QED) is 0.681. The van der Waals surface area contributed by atoms with Gasteiger partial charge < -0.3 is 11.1 Å². The number of pyridine rings is 2. The second-order valence-electron chi connectivity index (χ2n) is 5.12. The molecule has 3 heterocycles. The molecule has 0 saturated heterocycles. The van der Waals surface area contributed by atoms with Crippen LogP contribution in [0.15, 0.2) is 30.6 Å². The molecule has 0 fully saturated rings. The smallest absolute Gasteiger partial charge is 0.697 e. The fraction of sp³-hybridized carbons (Fsp3) is 0.214. The van der Waals surface area contributed by atoms with E-state index in [0.717, 1.165) is 16.8 Å². The van der Waals surface area contributed by atoms with Crippen LogP contribution in [-0.4, -0.2) is 15.9 Å². The summed E-state index contributed by atoms with van der Waals surface area (Å²) < 4.78 is 0. The number of anilines is 1. The number of nitrogens with one attached hydrogen (secondary N) is 2. The van der Waals surface area contributed by atoms with Gasteiger partial charge in [-0.25, -0.2) is 4.98 Å². The molecule has 5 nitrogen and oxygen atoms in total. The summed E-state index contributed by atoms with van der Waals surface area (Å²) in [5.41, 5.74) is 10.3. The maximum absolute atomic E-state index is 12.4. The number of fused-ring (bicyclic) bond motifs is 3. The number of hydrogen-bond donors (Lipinski definition) is 1. The van der Waals surface area contributed by atoms with Crippen LogP contribution in [-0.2, 0) is 23.1 Å². The molecule has 1 aliphatic carbocycles. The summed E-state index contributed by atoms with van der Waals surface area (Å²) in [6, 6.07) is 5.61. The first-order chi connectivity index (χ1) is 9.19. The third kappa shape index (κ3) is 1.91. The van der Waals surface area contributed by atoms with Crippen molar-refractivity contribution in [1.29, 1.82) is 0 Å². The van der Waals surface area contributed by atoms with Gasteiger partial charge in [0.25, 0.3) is 0 Å². The molecule has 1 unspecified atom stereocenters. The Kier molecular flexibility index (Phi) is 3.57. The standard InChI is InChI=1S/C14H11N4O.Rb/c15-9-4-8-5-14(6-11(8)17-7-9)10-2-1-3-16-12(10)18-13(14)19;/h1-4,7,15H,5-6H2,(H,16,18,19);/q-1;+1. The second-order valence-corrected chi connectivity index (χ2v) is 5.12. The van der Waals surface area contributed by atoms with Crippen molar-refractivity contribution in [1.82, 2.24) is 9.97 Å². The van der Waals surface area contributed by atoms with Crippen molar-refractivity contribution in [2.24, 2.45) is 0 Å². The van der Waals surface area contributed by atoms with Gasteiger partial charge in [-0.3, -0.25) is 9.78 Å². The Morgan fingerprint density at radius 3 is 3.00 bits per heavy atom. The topological polar surface area (TPSA) is 78.7 Å². The normalized spacial score (nSPS) is 22.1. The van der Waals surface area contributed by atoms with E-state index in [1.165, 1.54) is 6.20 Å². The van der Waals surface area contributed by atoms with E-state index >= 15 is 0 Å². The van der Waals surface area contributed by atoms with E-state index in [9.17, 15) is 4.79 Å². The summed E-state index contributed by atoms with van der Waals surface area (Å²) in [6.45, 7) is 0. The van der Waals surface area contributed by atoms with Crippen molar-refractivity contribution >= 4 is 17.4 Å². The molecular weight excluding hydrogens is 326 g/mol. The predicted octanol–water partition coefficient (Wildman–Crippen LogP) is -0.847. The molecular formula is C14H11N4ORb. The van der Waals surface area contributed by atoms with Gasteiger partial charge in [0.15, 0.2) is 0 Å². The summed E-state index contributed by atoms with van der Waals surface area (Å²) in [4.78, 5) is 20.9. The van der Waals surface area contributed by atoms with E-state index in [4.69, 9.17) is 5.73 Å². The molecule has 1 spiro atoms. The van der Waals surface area contributed by atoms with Crippen molar-refractivity contribution in [3.05, 3.63) is 53.1 Å². The summed E-state index contributed by atoms with van der Waals surface area (Å²) >= 11 is 0. The predicted molar refractivity (Wildman–Crippen MR) is 70.2 cm³/mol.